The normalized spacial score (nSPS) is 12.4. The van der Waals surface area contributed by atoms with Crippen molar-refractivity contribution in [3.63, 3.8) is 0 Å². The molecule has 1 rings (SSSR count). The van der Waals surface area contributed by atoms with Gasteiger partial charge in [-0.2, -0.15) is 0 Å². The Balaban J connectivity index is 2.86. The summed E-state index contributed by atoms with van der Waals surface area (Å²) in [5, 5.41) is 2.53. The highest BCUT2D eigenvalue weighted by Crippen LogP contribution is 2.24. The summed E-state index contributed by atoms with van der Waals surface area (Å²) in [6.45, 7) is 7.62. The summed E-state index contributed by atoms with van der Waals surface area (Å²) >= 11 is 0. The molecule has 1 aromatic carbocycles. The van der Waals surface area contributed by atoms with Gasteiger partial charge in [0.2, 0.25) is 0 Å². The van der Waals surface area contributed by atoms with Crippen molar-refractivity contribution in [3.05, 3.63) is 29.8 Å². The number of nitrogens with one attached hydrogen (secondary N) is 1. The third-order valence-electron chi connectivity index (χ3n) is 2.36. The molecule has 0 fully saturated rings. The molecule has 1 unspecified atom stereocenters. The third kappa shape index (κ3) is 4.91. The van der Waals surface area contributed by atoms with Gasteiger partial charge in [-0.3, -0.25) is 0 Å². The van der Waals surface area contributed by atoms with Gasteiger partial charge in [0.25, 0.3) is 0 Å². The van der Waals surface area contributed by atoms with E-state index in [0.717, 1.165) is 0 Å². The number of benzene rings is 1. The van der Waals surface area contributed by atoms with Gasteiger partial charge in [-0.15, -0.1) is 0 Å². The van der Waals surface area contributed by atoms with Crippen molar-refractivity contribution in [1.29, 1.82) is 0 Å². The number of hydrogen-bond acceptors (Lipinski definition) is 4. The molecule has 0 saturated carbocycles. The van der Waals surface area contributed by atoms with E-state index in [1.807, 2.05) is 13.0 Å². The molecule has 0 heterocycles. The molecule has 1 amide bonds. The Labute approximate surface area is 119 Å². The van der Waals surface area contributed by atoms with Crippen LogP contribution in [0.5, 0.6) is 5.75 Å². The van der Waals surface area contributed by atoms with Crippen LogP contribution in [0.4, 0.5) is 4.79 Å². The number of alkyl carbamates (subject to hydrolysis) is 1. The Morgan fingerprint density at radius 2 is 2.00 bits per heavy atom. The van der Waals surface area contributed by atoms with Crippen molar-refractivity contribution in [3.8, 4) is 5.75 Å². The number of carbonyl (C=O) groups is 2. The highest BCUT2D eigenvalue weighted by Gasteiger charge is 2.22. The van der Waals surface area contributed by atoms with E-state index in [1.165, 1.54) is 0 Å². The number of aldehydes is 1. The molecule has 20 heavy (non-hydrogen) atoms. The molecule has 0 bridgehead atoms. The fourth-order valence-electron chi connectivity index (χ4n) is 1.64. The lowest BCUT2D eigenvalue weighted by Gasteiger charge is -2.22. The predicted octanol–water partition coefficient (Wildman–Crippen LogP) is 2.85. The number of rotatable bonds is 5. The van der Waals surface area contributed by atoms with Gasteiger partial charge >= 0.3 is 6.09 Å². The lowest BCUT2D eigenvalue weighted by Crippen LogP contribution is -2.35. The average molecular weight is 279 g/mol. The number of para-hydroxylation sites is 1. The van der Waals surface area contributed by atoms with E-state index in [1.54, 1.807) is 39.0 Å². The minimum atomic E-state index is -0.799. The standard InChI is InChI=1S/C15H21NO4/c1-5-19-13-9-7-6-8-11(13)12(10-17)16-14(18)20-15(2,3)4/h6-10,12H,5H2,1-4H3,(H,16,18). The van der Waals surface area contributed by atoms with Gasteiger partial charge < -0.3 is 19.6 Å². The first-order valence-electron chi connectivity index (χ1n) is 6.54. The van der Waals surface area contributed by atoms with Gasteiger partial charge in [0, 0.05) is 5.56 Å². The summed E-state index contributed by atoms with van der Waals surface area (Å²) in [5.74, 6) is 0.572. The van der Waals surface area contributed by atoms with Crippen LogP contribution in [0.2, 0.25) is 0 Å². The quantitative estimate of drug-likeness (QED) is 0.842. The molecule has 1 atom stereocenters. The largest absolute Gasteiger partial charge is 0.494 e. The zero-order valence-corrected chi connectivity index (χ0v) is 12.3. The van der Waals surface area contributed by atoms with Crippen molar-refractivity contribution < 1.29 is 19.1 Å². The van der Waals surface area contributed by atoms with Gasteiger partial charge in [0.05, 0.1) is 6.61 Å². The highest BCUT2D eigenvalue weighted by molar-refractivity contribution is 5.75. The van der Waals surface area contributed by atoms with E-state index >= 15 is 0 Å². The molecular weight excluding hydrogens is 258 g/mol. The molecule has 1 aromatic rings. The Bertz CT molecular complexity index is 465. The maximum atomic E-state index is 11.7. The minimum Gasteiger partial charge on any atom is -0.494 e. The monoisotopic (exact) mass is 279 g/mol. The zero-order valence-electron chi connectivity index (χ0n) is 12.3. The molecule has 5 nitrogen and oxygen atoms in total. The van der Waals surface area contributed by atoms with Crippen LogP contribution in [-0.2, 0) is 9.53 Å². The Hall–Kier alpha value is -2.04. The van der Waals surface area contributed by atoms with Crippen molar-refractivity contribution in [2.24, 2.45) is 0 Å². The molecule has 0 aromatic heterocycles. The number of carbonyl (C=O) groups excluding carboxylic acids is 2. The van der Waals surface area contributed by atoms with E-state index in [2.05, 4.69) is 5.32 Å². The van der Waals surface area contributed by atoms with Crippen molar-refractivity contribution in [2.75, 3.05) is 6.61 Å². The lowest BCUT2D eigenvalue weighted by molar-refractivity contribution is -0.109. The highest BCUT2D eigenvalue weighted by atomic mass is 16.6. The number of hydrogen-bond donors (Lipinski definition) is 1. The van der Waals surface area contributed by atoms with E-state index in [9.17, 15) is 9.59 Å². The summed E-state index contributed by atoms with van der Waals surface area (Å²) in [6, 6.07) is 6.29. The molecule has 5 heteroatoms. The fraction of sp³-hybridized carbons (Fsp3) is 0.467. The molecular formula is C15H21NO4. The van der Waals surface area contributed by atoms with Gasteiger partial charge in [0.1, 0.15) is 23.7 Å². The Kier molecular flexibility index (Phi) is 5.55. The molecule has 0 aliphatic carbocycles. The maximum Gasteiger partial charge on any atom is 0.408 e. The van der Waals surface area contributed by atoms with Crippen molar-refractivity contribution in [1.82, 2.24) is 5.32 Å². The molecule has 0 aliphatic rings. The molecule has 0 radical (unpaired) electrons. The van der Waals surface area contributed by atoms with Crippen LogP contribution >= 0.6 is 0 Å². The predicted molar refractivity (Wildman–Crippen MR) is 75.8 cm³/mol. The number of ether oxygens (including phenoxy) is 2. The first-order chi connectivity index (χ1) is 9.37. The van der Waals surface area contributed by atoms with Crippen LogP contribution < -0.4 is 10.1 Å². The number of amides is 1. The van der Waals surface area contributed by atoms with Crippen LogP contribution in [0.25, 0.3) is 0 Å². The van der Waals surface area contributed by atoms with Crippen LogP contribution in [-0.4, -0.2) is 24.6 Å². The minimum absolute atomic E-state index is 0.481. The molecule has 0 aliphatic heterocycles. The Morgan fingerprint density at radius 1 is 1.35 bits per heavy atom. The zero-order chi connectivity index (χ0) is 15.2. The van der Waals surface area contributed by atoms with E-state index in [0.29, 0.717) is 24.2 Å². The average Bonchev–Trinajstić information content (AvgIpc) is 2.35. The summed E-state index contributed by atoms with van der Waals surface area (Å²) < 4.78 is 10.6. The topological polar surface area (TPSA) is 64.6 Å². The summed E-state index contributed by atoms with van der Waals surface area (Å²) in [4.78, 5) is 23.0. The van der Waals surface area contributed by atoms with Crippen LogP contribution in [0.15, 0.2) is 24.3 Å². The van der Waals surface area contributed by atoms with E-state index in [4.69, 9.17) is 9.47 Å². The Morgan fingerprint density at radius 3 is 2.55 bits per heavy atom. The SMILES string of the molecule is CCOc1ccccc1C(C=O)NC(=O)OC(C)(C)C. The van der Waals surface area contributed by atoms with Gasteiger partial charge in [-0.25, -0.2) is 4.79 Å². The van der Waals surface area contributed by atoms with Gasteiger partial charge in [-0.1, -0.05) is 18.2 Å². The summed E-state index contributed by atoms with van der Waals surface area (Å²) in [7, 11) is 0. The van der Waals surface area contributed by atoms with Crippen LogP contribution in [0.1, 0.15) is 39.3 Å². The summed E-state index contributed by atoms with van der Waals surface area (Å²) in [6.07, 6.45) is 0.0165. The smallest absolute Gasteiger partial charge is 0.408 e. The second-order valence-electron chi connectivity index (χ2n) is 5.23. The molecule has 0 spiro atoms. The maximum absolute atomic E-state index is 11.7. The van der Waals surface area contributed by atoms with E-state index < -0.39 is 17.7 Å². The van der Waals surface area contributed by atoms with Crippen molar-refractivity contribution in [2.45, 2.75) is 39.3 Å². The van der Waals surface area contributed by atoms with Crippen LogP contribution in [0, 0.1) is 0 Å². The third-order valence-corrected chi connectivity index (χ3v) is 2.36. The lowest BCUT2D eigenvalue weighted by atomic mass is 10.1. The summed E-state index contributed by atoms with van der Waals surface area (Å²) in [5.41, 5.74) is -0.00746. The first-order valence-corrected chi connectivity index (χ1v) is 6.54. The fourth-order valence-corrected chi connectivity index (χ4v) is 1.64. The first kappa shape index (κ1) is 16.0. The molecule has 0 saturated heterocycles. The van der Waals surface area contributed by atoms with E-state index in [-0.39, 0.29) is 0 Å². The van der Waals surface area contributed by atoms with Gasteiger partial charge in [0.15, 0.2) is 0 Å². The van der Waals surface area contributed by atoms with Crippen LogP contribution in [0.3, 0.4) is 0 Å². The molecule has 110 valence electrons. The molecule has 1 N–H and O–H groups in total. The van der Waals surface area contributed by atoms with Crippen molar-refractivity contribution >= 4 is 12.4 Å². The second kappa shape index (κ2) is 6.93. The second-order valence-corrected chi connectivity index (χ2v) is 5.23. The van der Waals surface area contributed by atoms with Gasteiger partial charge in [-0.05, 0) is 33.8 Å².